The zero-order valence-corrected chi connectivity index (χ0v) is 13.1. The van der Waals surface area contributed by atoms with Crippen molar-refractivity contribution in [2.24, 2.45) is 0 Å². The van der Waals surface area contributed by atoms with Crippen LogP contribution in [0.2, 0.25) is 0 Å². The average Bonchev–Trinajstić information content (AvgIpc) is 2.93. The Morgan fingerprint density at radius 3 is 2.90 bits per heavy atom. The smallest absolute Gasteiger partial charge is 0.340 e. The number of thiophene rings is 1. The van der Waals surface area contributed by atoms with Crippen molar-refractivity contribution < 1.29 is 9.53 Å². The molecule has 0 amide bonds. The molecule has 0 saturated heterocycles. The number of benzene rings is 1. The van der Waals surface area contributed by atoms with Gasteiger partial charge in [0, 0.05) is 17.4 Å². The molecule has 0 aliphatic carbocycles. The standard InChI is InChI=1S/C16H20N2O2S/c1-3-20-16(19)14-9-13(17)4-5-15(14)18-11(2)8-12-6-7-21-10-12/h4-7,9-11,18H,3,8,17H2,1-2H3. The van der Waals surface area contributed by atoms with E-state index in [2.05, 4.69) is 29.1 Å². The number of hydrogen-bond acceptors (Lipinski definition) is 5. The molecule has 0 aliphatic rings. The third-order valence-electron chi connectivity index (χ3n) is 3.06. The molecule has 0 saturated carbocycles. The predicted molar refractivity (Wildman–Crippen MR) is 87.9 cm³/mol. The van der Waals surface area contributed by atoms with Crippen LogP contribution in [0.25, 0.3) is 0 Å². The van der Waals surface area contributed by atoms with E-state index in [1.54, 1.807) is 30.4 Å². The van der Waals surface area contributed by atoms with Crippen molar-refractivity contribution >= 4 is 28.7 Å². The maximum absolute atomic E-state index is 12.0. The van der Waals surface area contributed by atoms with Gasteiger partial charge in [-0.3, -0.25) is 0 Å². The fraction of sp³-hybridized carbons (Fsp3) is 0.312. The van der Waals surface area contributed by atoms with Crippen molar-refractivity contribution in [2.45, 2.75) is 26.3 Å². The van der Waals surface area contributed by atoms with Gasteiger partial charge in [0.05, 0.1) is 12.2 Å². The van der Waals surface area contributed by atoms with Crippen LogP contribution in [0.1, 0.15) is 29.8 Å². The van der Waals surface area contributed by atoms with Crippen molar-refractivity contribution in [3.05, 3.63) is 46.2 Å². The van der Waals surface area contributed by atoms with Gasteiger partial charge in [0.1, 0.15) is 0 Å². The first-order valence-corrected chi connectivity index (χ1v) is 7.88. The molecule has 0 aliphatic heterocycles. The second-order valence-corrected chi connectivity index (χ2v) is 5.69. The van der Waals surface area contributed by atoms with Crippen molar-refractivity contribution in [3.63, 3.8) is 0 Å². The van der Waals surface area contributed by atoms with Crippen LogP contribution in [-0.2, 0) is 11.2 Å². The zero-order valence-electron chi connectivity index (χ0n) is 12.3. The maximum Gasteiger partial charge on any atom is 0.340 e. The first-order chi connectivity index (χ1) is 10.1. The molecule has 1 aromatic carbocycles. The van der Waals surface area contributed by atoms with Crippen LogP contribution in [0.3, 0.4) is 0 Å². The number of carbonyl (C=O) groups is 1. The van der Waals surface area contributed by atoms with Gasteiger partial charge in [-0.2, -0.15) is 11.3 Å². The van der Waals surface area contributed by atoms with E-state index in [1.807, 2.05) is 6.07 Å². The van der Waals surface area contributed by atoms with Gasteiger partial charge in [0.15, 0.2) is 0 Å². The summed E-state index contributed by atoms with van der Waals surface area (Å²) in [5.74, 6) is -0.352. The molecular formula is C16H20N2O2S. The Morgan fingerprint density at radius 1 is 1.43 bits per heavy atom. The Morgan fingerprint density at radius 2 is 2.24 bits per heavy atom. The third kappa shape index (κ3) is 4.23. The van der Waals surface area contributed by atoms with E-state index in [0.29, 0.717) is 17.9 Å². The lowest BCUT2D eigenvalue weighted by atomic mass is 10.1. The largest absolute Gasteiger partial charge is 0.462 e. The van der Waals surface area contributed by atoms with Crippen LogP contribution in [0.5, 0.6) is 0 Å². The summed E-state index contributed by atoms with van der Waals surface area (Å²) in [7, 11) is 0. The first kappa shape index (κ1) is 15.4. The summed E-state index contributed by atoms with van der Waals surface area (Å²) in [4.78, 5) is 12.0. The fourth-order valence-electron chi connectivity index (χ4n) is 2.14. The summed E-state index contributed by atoms with van der Waals surface area (Å²) in [5.41, 5.74) is 8.84. The van der Waals surface area contributed by atoms with E-state index in [1.165, 1.54) is 5.56 Å². The second kappa shape index (κ2) is 7.13. The first-order valence-electron chi connectivity index (χ1n) is 6.94. The van der Waals surface area contributed by atoms with E-state index in [9.17, 15) is 4.79 Å². The highest BCUT2D eigenvalue weighted by atomic mass is 32.1. The number of nitrogens with two attached hydrogens (primary N) is 1. The van der Waals surface area contributed by atoms with Crippen LogP contribution in [0.15, 0.2) is 35.0 Å². The molecule has 1 heterocycles. The van der Waals surface area contributed by atoms with E-state index in [0.717, 1.165) is 12.1 Å². The number of carbonyl (C=O) groups excluding carboxylic acids is 1. The summed E-state index contributed by atoms with van der Waals surface area (Å²) >= 11 is 1.69. The average molecular weight is 304 g/mol. The van der Waals surface area contributed by atoms with Gasteiger partial charge in [0.25, 0.3) is 0 Å². The molecule has 0 radical (unpaired) electrons. The molecule has 3 N–H and O–H groups in total. The molecule has 112 valence electrons. The van der Waals surface area contributed by atoms with Gasteiger partial charge in [-0.15, -0.1) is 0 Å². The molecule has 21 heavy (non-hydrogen) atoms. The molecule has 0 bridgehead atoms. The quantitative estimate of drug-likeness (QED) is 0.633. The minimum Gasteiger partial charge on any atom is -0.462 e. The highest BCUT2D eigenvalue weighted by Gasteiger charge is 2.15. The van der Waals surface area contributed by atoms with E-state index < -0.39 is 0 Å². The molecular weight excluding hydrogens is 284 g/mol. The van der Waals surface area contributed by atoms with E-state index >= 15 is 0 Å². The number of nitrogens with one attached hydrogen (secondary N) is 1. The lowest BCUT2D eigenvalue weighted by Gasteiger charge is -2.17. The Balaban J connectivity index is 2.13. The van der Waals surface area contributed by atoms with Gasteiger partial charge in [-0.25, -0.2) is 4.79 Å². The molecule has 1 aromatic heterocycles. The van der Waals surface area contributed by atoms with E-state index in [4.69, 9.17) is 10.5 Å². The van der Waals surface area contributed by atoms with Gasteiger partial charge < -0.3 is 15.8 Å². The number of nitrogen functional groups attached to an aromatic ring is 1. The summed E-state index contributed by atoms with van der Waals surface area (Å²) in [5, 5.41) is 7.56. The summed E-state index contributed by atoms with van der Waals surface area (Å²) in [6, 6.07) is 7.57. The molecule has 4 nitrogen and oxygen atoms in total. The second-order valence-electron chi connectivity index (χ2n) is 4.91. The van der Waals surface area contributed by atoms with Crippen molar-refractivity contribution in [1.82, 2.24) is 0 Å². The minimum atomic E-state index is -0.352. The van der Waals surface area contributed by atoms with Crippen LogP contribution in [0, 0.1) is 0 Å². The van der Waals surface area contributed by atoms with Crippen molar-refractivity contribution in [3.8, 4) is 0 Å². The van der Waals surface area contributed by atoms with Crippen LogP contribution >= 0.6 is 11.3 Å². The highest BCUT2D eigenvalue weighted by molar-refractivity contribution is 7.07. The summed E-state index contributed by atoms with van der Waals surface area (Å²) in [6.07, 6.45) is 0.899. The Hall–Kier alpha value is -2.01. The lowest BCUT2D eigenvalue weighted by Crippen LogP contribution is -2.20. The number of esters is 1. The maximum atomic E-state index is 12.0. The Bertz CT molecular complexity index is 596. The highest BCUT2D eigenvalue weighted by Crippen LogP contribution is 2.22. The Kier molecular flexibility index (Phi) is 5.22. The zero-order chi connectivity index (χ0) is 15.2. The third-order valence-corrected chi connectivity index (χ3v) is 3.79. The molecule has 0 spiro atoms. The molecule has 2 aromatic rings. The Labute approximate surface area is 128 Å². The van der Waals surface area contributed by atoms with Gasteiger partial charge in [0.2, 0.25) is 0 Å². The predicted octanol–water partition coefficient (Wildman–Crippen LogP) is 3.55. The monoisotopic (exact) mass is 304 g/mol. The number of rotatable bonds is 6. The molecule has 1 atom stereocenters. The normalized spacial score (nSPS) is 11.9. The summed E-state index contributed by atoms with van der Waals surface area (Å²) < 4.78 is 5.08. The fourth-order valence-corrected chi connectivity index (χ4v) is 2.83. The number of hydrogen-bond donors (Lipinski definition) is 2. The van der Waals surface area contributed by atoms with Gasteiger partial charge in [-0.05, 0) is 60.9 Å². The molecule has 1 unspecified atom stereocenters. The molecule has 5 heteroatoms. The van der Waals surface area contributed by atoms with Crippen LogP contribution in [-0.4, -0.2) is 18.6 Å². The number of anilines is 2. The number of ether oxygens (including phenoxy) is 1. The van der Waals surface area contributed by atoms with Crippen molar-refractivity contribution in [2.75, 3.05) is 17.7 Å². The minimum absolute atomic E-state index is 0.205. The van der Waals surface area contributed by atoms with Gasteiger partial charge in [-0.1, -0.05) is 0 Å². The van der Waals surface area contributed by atoms with Gasteiger partial charge >= 0.3 is 5.97 Å². The summed E-state index contributed by atoms with van der Waals surface area (Å²) in [6.45, 7) is 4.22. The van der Waals surface area contributed by atoms with Crippen LogP contribution in [0.4, 0.5) is 11.4 Å². The topological polar surface area (TPSA) is 64.3 Å². The SMILES string of the molecule is CCOC(=O)c1cc(N)ccc1NC(C)Cc1ccsc1. The molecule has 2 rings (SSSR count). The lowest BCUT2D eigenvalue weighted by molar-refractivity contribution is 0.0527. The van der Waals surface area contributed by atoms with E-state index in [-0.39, 0.29) is 12.0 Å². The van der Waals surface area contributed by atoms with Crippen LogP contribution < -0.4 is 11.1 Å². The van der Waals surface area contributed by atoms with Crippen molar-refractivity contribution in [1.29, 1.82) is 0 Å². The molecule has 0 fully saturated rings.